The molecule has 1 N–H and O–H groups in total. The van der Waals surface area contributed by atoms with Crippen molar-refractivity contribution >= 4 is 29.3 Å². The summed E-state index contributed by atoms with van der Waals surface area (Å²) in [5.41, 5.74) is 0.588. The number of nitrogens with zero attached hydrogens (tertiary/aromatic N) is 2. The van der Waals surface area contributed by atoms with Gasteiger partial charge in [-0.1, -0.05) is 13.3 Å². The number of aromatic nitrogens is 2. The fourth-order valence-corrected chi connectivity index (χ4v) is 2.21. The summed E-state index contributed by atoms with van der Waals surface area (Å²) < 4.78 is 5.95. The number of methoxy groups -OCH3 is 1. The van der Waals surface area contributed by atoms with Crippen LogP contribution < -0.4 is 5.32 Å². The average Bonchev–Trinajstić information content (AvgIpc) is 2.81. The van der Waals surface area contributed by atoms with Crippen LogP contribution in [-0.4, -0.2) is 40.3 Å². The molecule has 0 spiro atoms. The fraction of sp³-hybridized carbons (Fsp3) is 0.583. The third-order valence-corrected chi connectivity index (χ3v) is 3.35. The lowest BCUT2D eigenvalue weighted by molar-refractivity contribution is -0.141. The van der Waals surface area contributed by atoms with Crippen molar-refractivity contribution in [2.75, 3.05) is 23.9 Å². The molecule has 0 saturated heterocycles. The molecule has 1 heterocycles. The van der Waals surface area contributed by atoms with Crippen LogP contribution in [0.25, 0.3) is 0 Å². The number of carbonyl (C=O) groups excluding carboxylic acids is 2. The molecule has 7 heteroatoms. The SMILES string of the molecule is CCCCSCC(=O)Nc1cnn(CC(=O)OC)c1. The Morgan fingerprint density at radius 1 is 1.53 bits per heavy atom. The highest BCUT2D eigenvalue weighted by molar-refractivity contribution is 7.99. The lowest BCUT2D eigenvalue weighted by Gasteiger charge is -2.02. The molecule has 0 atom stereocenters. The van der Waals surface area contributed by atoms with Crippen LogP contribution in [0.4, 0.5) is 5.69 Å². The lowest BCUT2D eigenvalue weighted by atomic mass is 10.4. The van der Waals surface area contributed by atoms with E-state index < -0.39 is 0 Å². The monoisotopic (exact) mass is 285 g/mol. The van der Waals surface area contributed by atoms with Crippen LogP contribution in [0.1, 0.15) is 19.8 Å². The third-order valence-electron chi connectivity index (χ3n) is 2.31. The molecule has 0 saturated carbocycles. The first-order valence-corrected chi connectivity index (χ1v) is 7.28. The van der Waals surface area contributed by atoms with Crippen LogP contribution >= 0.6 is 11.8 Å². The number of carbonyl (C=O) groups is 2. The molecule has 1 aromatic heterocycles. The number of amides is 1. The van der Waals surface area contributed by atoms with E-state index in [2.05, 4.69) is 22.1 Å². The number of hydrogen-bond acceptors (Lipinski definition) is 5. The Hall–Kier alpha value is -1.50. The molecular formula is C12H19N3O3S. The number of ether oxygens (including phenoxy) is 1. The van der Waals surface area contributed by atoms with Crippen LogP contribution in [-0.2, 0) is 20.9 Å². The number of hydrogen-bond donors (Lipinski definition) is 1. The van der Waals surface area contributed by atoms with Crippen molar-refractivity contribution in [3.8, 4) is 0 Å². The zero-order valence-corrected chi connectivity index (χ0v) is 12.0. The second kappa shape index (κ2) is 8.58. The quantitative estimate of drug-likeness (QED) is 0.579. The summed E-state index contributed by atoms with van der Waals surface area (Å²) in [6.07, 6.45) is 5.37. The van der Waals surface area contributed by atoms with Crippen LogP contribution in [0.2, 0.25) is 0 Å². The highest BCUT2D eigenvalue weighted by atomic mass is 32.2. The molecule has 6 nitrogen and oxygen atoms in total. The molecule has 0 unspecified atom stereocenters. The van der Waals surface area contributed by atoms with Crippen molar-refractivity contribution in [1.82, 2.24) is 9.78 Å². The molecule has 0 fully saturated rings. The standard InChI is InChI=1S/C12H19N3O3S/c1-3-4-5-19-9-11(16)14-10-6-13-15(7-10)8-12(17)18-2/h6-7H,3-5,8-9H2,1-2H3,(H,14,16). The van der Waals surface area contributed by atoms with Crippen LogP contribution in [0.15, 0.2) is 12.4 Å². The normalized spacial score (nSPS) is 10.2. The Bertz CT molecular complexity index is 420. The van der Waals surface area contributed by atoms with E-state index in [-0.39, 0.29) is 18.4 Å². The largest absolute Gasteiger partial charge is 0.468 e. The minimum absolute atomic E-state index is 0.0393. The number of anilines is 1. The van der Waals surface area contributed by atoms with Gasteiger partial charge in [-0.05, 0) is 12.2 Å². The number of rotatable bonds is 8. The fourth-order valence-electron chi connectivity index (χ4n) is 1.32. The molecule has 106 valence electrons. The van der Waals surface area contributed by atoms with E-state index in [1.165, 1.54) is 18.0 Å². The Balaban J connectivity index is 2.32. The van der Waals surface area contributed by atoms with Crippen molar-refractivity contribution in [3.63, 3.8) is 0 Å². The van der Waals surface area contributed by atoms with Gasteiger partial charge in [0.15, 0.2) is 0 Å². The predicted molar refractivity (Wildman–Crippen MR) is 75.1 cm³/mol. The molecule has 1 aromatic rings. The van der Waals surface area contributed by atoms with Gasteiger partial charge in [-0.25, -0.2) is 0 Å². The lowest BCUT2D eigenvalue weighted by Crippen LogP contribution is -2.14. The number of thioether (sulfide) groups is 1. The van der Waals surface area contributed by atoms with Gasteiger partial charge in [-0.2, -0.15) is 16.9 Å². The first-order chi connectivity index (χ1) is 9.15. The van der Waals surface area contributed by atoms with E-state index in [9.17, 15) is 9.59 Å². The first-order valence-electron chi connectivity index (χ1n) is 6.12. The molecule has 0 bridgehead atoms. The average molecular weight is 285 g/mol. The van der Waals surface area contributed by atoms with Gasteiger partial charge in [-0.15, -0.1) is 0 Å². The first kappa shape index (κ1) is 15.6. The van der Waals surface area contributed by atoms with Gasteiger partial charge in [0.1, 0.15) is 6.54 Å². The van der Waals surface area contributed by atoms with Crippen LogP contribution in [0.3, 0.4) is 0 Å². The second-order valence-electron chi connectivity index (χ2n) is 3.96. The Morgan fingerprint density at radius 2 is 2.32 bits per heavy atom. The van der Waals surface area contributed by atoms with E-state index in [4.69, 9.17) is 0 Å². The van der Waals surface area contributed by atoms with Crippen molar-refractivity contribution in [2.45, 2.75) is 26.3 Å². The summed E-state index contributed by atoms with van der Waals surface area (Å²) in [6, 6.07) is 0. The molecule has 0 aliphatic carbocycles. The Morgan fingerprint density at radius 3 is 3.00 bits per heavy atom. The van der Waals surface area contributed by atoms with Gasteiger partial charge < -0.3 is 10.1 Å². The van der Waals surface area contributed by atoms with E-state index in [0.717, 1.165) is 18.6 Å². The van der Waals surface area contributed by atoms with Gasteiger partial charge in [0, 0.05) is 6.20 Å². The summed E-state index contributed by atoms with van der Waals surface area (Å²) in [4.78, 5) is 22.6. The van der Waals surface area contributed by atoms with E-state index in [1.54, 1.807) is 18.0 Å². The highest BCUT2D eigenvalue weighted by Gasteiger charge is 2.07. The summed E-state index contributed by atoms with van der Waals surface area (Å²) in [5.74, 6) is 0.989. The molecule has 19 heavy (non-hydrogen) atoms. The van der Waals surface area contributed by atoms with Gasteiger partial charge in [-0.3, -0.25) is 14.3 Å². The van der Waals surface area contributed by atoms with Crippen LogP contribution in [0.5, 0.6) is 0 Å². The third kappa shape index (κ3) is 6.28. The van der Waals surface area contributed by atoms with E-state index >= 15 is 0 Å². The Kier molecular flexibility index (Phi) is 7.02. The smallest absolute Gasteiger partial charge is 0.327 e. The van der Waals surface area contributed by atoms with Gasteiger partial charge >= 0.3 is 5.97 Å². The maximum atomic E-state index is 11.6. The molecule has 0 aromatic carbocycles. The number of unbranched alkanes of at least 4 members (excludes halogenated alkanes) is 1. The topological polar surface area (TPSA) is 73.2 Å². The highest BCUT2D eigenvalue weighted by Crippen LogP contribution is 2.08. The minimum atomic E-state index is -0.379. The summed E-state index contributed by atoms with van der Waals surface area (Å²) >= 11 is 1.61. The minimum Gasteiger partial charge on any atom is -0.468 e. The molecule has 0 aliphatic heterocycles. The molecule has 0 aliphatic rings. The zero-order chi connectivity index (χ0) is 14.1. The van der Waals surface area contributed by atoms with Gasteiger partial charge in [0.2, 0.25) is 5.91 Å². The maximum Gasteiger partial charge on any atom is 0.327 e. The van der Waals surface area contributed by atoms with Crippen molar-refractivity contribution in [1.29, 1.82) is 0 Å². The zero-order valence-electron chi connectivity index (χ0n) is 11.2. The van der Waals surface area contributed by atoms with Gasteiger partial charge in [0.25, 0.3) is 0 Å². The maximum absolute atomic E-state index is 11.6. The molecule has 1 amide bonds. The van der Waals surface area contributed by atoms with Crippen molar-refractivity contribution < 1.29 is 14.3 Å². The summed E-state index contributed by atoms with van der Waals surface area (Å²) in [6.45, 7) is 2.16. The van der Waals surface area contributed by atoms with Crippen molar-refractivity contribution in [2.24, 2.45) is 0 Å². The van der Waals surface area contributed by atoms with Crippen molar-refractivity contribution in [3.05, 3.63) is 12.4 Å². The molecular weight excluding hydrogens is 266 g/mol. The predicted octanol–water partition coefficient (Wildman–Crippen LogP) is 1.53. The summed E-state index contributed by atoms with van der Waals surface area (Å²) in [7, 11) is 1.32. The van der Waals surface area contributed by atoms with Crippen LogP contribution in [0, 0.1) is 0 Å². The number of esters is 1. The Labute approximate surface area is 116 Å². The van der Waals surface area contributed by atoms with E-state index in [1.807, 2.05) is 0 Å². The summed E-state index contributed by atoms with van der Waals surface area (Å²) in [5, 5.41) is 6.70. The second-order valence-corrected chi connectivity index (χ2v) is 5.06. The molecule has 1 rings (SSSR count). The number of nitrogens with one attached hydrogen (secondary N) is 1. The molecule has 0 radical (unpaired) electrons. The van der Waals surface area contributed by atoms with E-state index in [0.29, 0.717) is 11.4 Å². The van der Waals surface area contributed by atoms with Gasteiger partial charge in [0.05, 0.1) is 24.7 Å².